The predicted octanol–water partition coefficient (Wildman–Crippen LogP) is 4.10. The summed E-state index contributed by atoms with van der Waals surface area (Å²) in [6.45, 7) is 1.33. The van der Waals surface area contributed by atoms with E-state index in [4.69, 9.17) is 4.74 Å². The predicted molar refractivity (Wildman–Crippen MR) is 117 cm³/mol. The molecule has 0 saturated carbocycles. The topological polar surface area (TPSA) is 49.9 Å². The summed E-state index contributed by atoms with van der Waals surface area (Å²) in [5.41, 5.74) is 4.03. The first kappa shape index (κ1) is 18.6. The molecule has 1 aromatic heterocycles. The number of fused-ring (bicyclic) bond motifs is 1. The Morgan fingerprint density at radius 3 is 2.37 bits per heavy atom. The number of thiophene rings is 1. The van der Waals surface area contributed by atoms with Gasteiger partial charge in [-0.25, -0.2) is 4.90 Å². The maximum absolute atomic E-state index is 13.6. The maximum Gasteiger partial charge on any atom is 0.282 e. The molecule has 0 unspecified atom stereocenters. The average Bonchev–Trinajstić information content (AvgIpc) is 3.39. The molecule has 2 aromatic carbocycles. The molecule has 0 atom stereocenters. The van der Waals surface area contributed by atoms with E-state index < -0.39 is 0 Å². The van der Waals surface area contributed by atoms with E-state index in [0.717, 1.165) is 11.3 Å². The third-order valence-electron chi connectivity index (χ3n) is 5.60. The number of nitrogens with zero attached hydrogens (tertiary/aromatic N) is 2. The lowest BCUT2D eigenvalue weighted by Crippen LogP contribution is -2.37. The van der Waals surface area contributed by atoms with Gasteiger partial charge in [-0.3, -0.25) is 9.59 Å². The first-order valence-electron chi connectivity index (χ1n) is 9.80. The molecule has 6 heteroatoms. The van der Waals surface area contributed by atoms with Gasteiger partial charge >= 0.3 is 0 Å². The first-order chi connectivity index (χ1) is 14.7. The van der Waals surface area contributed by atoms with Crippen molar-refractivity contribution in [3.8, 4) is 5.75 Å². The van der Waals surface area contributed by atoms with E-state index in [-0.39, 0.29) is 11.8 Å². The molecule has 2 amide bonds. The third kappa shape index (κ3) is 3.00. The van der Waals surface area contributed by atoms with E-state index in [2.05, 4.69) is 17.0 Å². The monoisotopic (exact) mass is 416 g/mol. The van der Waals surface area contributed by atoms with Crippen molar-refractivity contribution in [3.63, 3.8) is 0 Å². The second-order valence-electron chi connectivity index (χ2n) is 7.28. The maximum atomic E-state index is 13.6. The van der Waals surface area contributed by atoms with Crippen molar-refractivity contribution in [2.45, 2.75) is 13.0 Å². The van der Waals surface area contributed by atoms with Crippen molar-refractivity contribution in [2.24, 2.45) is 0 Å². The van der Waals surface area contributed by atoms with Crippen LogP contribution in [0.5, 0.6) is 5.75 Å². The molecular weight excluding hydrogens is 396 g/mol. The number of ether oxygens (including phenoxy) is 1. The van der Waals surface area contributed by atoms with E-state index in [0.29, 0.717) is 35.8 Å². The minimum absolute atomic E-state index is 0.270. The van der Waals surface area contributed by atoms with Crippen molar-refractivity contribution < 1.29 is 14.3 Å². The fourth-order valence-corrected chi connectivity index (χ4v) is 4.87. The molecule has 150 valence electrons. The lowest BCUT2D eigenvalue weighted by atomic mass is 9.99. The van der Waals surface area contributed by atoms with Crippen molar-refractivity contribution in [1.29, 1.82) is 0 Å². The normalized spacial score (nSPS) is 16.3. The number of rotatable bonds is 4. The van der Waals surface area contributed by atoms with Crippen molar-refractivity contribution in [1.82, 2.24) is 4.90 Å². The van der Waals surface area contributed by atoms with Crippen LogP contribution >= 0.6 is 11.3 Å². The molecule has 0 fully saturated rings. The van der Waals surface area contributed by atoms with E-state index in [9.17, 15) is 9.59 Å². The van der Waals surface area contributed by atoms with Gasteiger partial charge in [-0.15, -0.1) is 11.3 Å². The molecule has 5 nitrogen and oxygen atoms in total. The highest BCUT2D eigenvalue weighted by Gasteiger charge is 2.43. The third-order valence-corrected chi connectivity index (χ3v) is 6.49. The van der Waals surface area contributed by atoms with Gasteiger partial charge in [0, 0.05) is 18.0 Å². The number of hydrogen-bond acceptors (Lipinski definition) is 5. The van der Waals surface area contributed by atoms with Gasteiger partial charge in [0.1, 0.15) is 11.4 Å². The summed E-state index contributed by atoms with van der Waals surface area (Å²) in [6.07, 6.45) is 0.849. The summed E-state index contributed by atoms with van der Waals surface area (Å²) >= 11 is 1.48. The Morgan fingerprint density at radius 1 is 0.900 bits per heavy atom. The zero-order valence-corrected chi connectivity index (χ0v) is 17.3. The van der Waals surface area contributed by atoms with Gasteiger partial charge in [0.15, 0.2) is 0 Å². The second kappa shape index (κ2) is 7.46. The molecule has 3 heterocycles. The van der Waals surface area contributed by atoms with Crippen LogP contribution in [-0.4, -0.2) is 30.4 Å². The summed E-state index contributed by atoms with van der Waals surface area (Å²) in [4.78, 5) is 31.2. The first-order valence-corrected chi connectivity index (χ1v) is 10.7. The van der Waals surface area contributed by atoms with Gasteiger partial charge in [-0.05, 0) is 53.3 Å². The van der Waals surface area contributed by atoms with Crippen LogP contribution in [0.15, 0.2) is 71.7 Å². The molecular formula is C24H20N2O3S. The highest BCUT2D eigenvalue weighted by atomic mass is 32.1. The Labute approximate surface area is 178 Å². The van der Waals surface area contributed by atoms with Crippen molar-refractivity contribution in [3.05, 3.63) is 87.7 Å². The molecule has 2 aliphatic rings. The fraction of sp³-hybridized carbons (Fsp3) is 0.167. The van der Waals surface area contributed by atoms with Gasteiger partial charge in [-0.1, -0.05) is 30.3 Å². The molecule has 0 saturated heterocycles. The summed E-state index contributed by atoms with van der Waals surface area (Å²) in [5, 5.41) is 1.93. The largest absolute Gasteiger partial charge is 0.497 e. The number of benzene rings is 2. The van der Waals surface area contributed by atoms with Crippen LogP contribution in [0.25, 0.3) is 5.57 Å². The lowest BCUT2D eigenvalue weighted by molar-refractivity contribution is -0.120. The molecule has 0 aliphatic carbocycles. The van der Waals surface area contributed by atoms with Crippen LogP contribution in [0.4, 0.5) is 5.69 Å². The van der Waals surface area contributed by atoms with Gasteiger partial charge in [0.05, 0.1) is 18.4 Å². The Balaban J connectivity index is 1.57. The molecule has 0 radical (unpaired) electrons. The molecule has 0 N–H and O–H groups in total. The van der Waals surface area contributed by atoms with Crippen LogP contribution < -0.4 is 9.64 Å². The summed E-state index contributed by atoms with van der Waals surface area (Å²) < 4.78 is 5.21. The van der Waals surface area contributed by atoms with Crippen LogP contribution in [-0.2, 0) is 22.6 Å². The number of hydrogen-bond donors (Lipinski definition) is 0. The van der Waals surface area contributed by atoms with E-state index >= 15 is 0 Å². The van der Waals surface area contributed by atoms with Crippen molar-refractivity contribution >= 4 is 34.4 Å². The molecule has 2 aliphatic heterocycles. The molecule has 5 rings (SSSR count). The smallest absolute Gasteiger partial charge is 0.282 e. The minimum atomic E-state index is -0.276. The quantitative estimate of drug-likeness (QED) is 0.601. The number of carbonyl (C=O) groups is 2. The number of carbonyl (C=O) groups excluding carboxylic acids is 2. The standard InChI is InChI=1S/C24H20N2O3S/c1-29-19-10-8-18(9-11-19)26-23(27)21(20-7-4-14-30-20)22(24(26)28)25-13-12-16-5-2-3-6-17(16)15-25/h2-11,14H,12-13,15H2,1H3. The Kier molecular flexibility index (Phi) is 4.64. The number of imide groups is 1. The zero-order valence-electron chi connectivity index (χ0n) is 16.5. The van der Waals surface area contributed by atoms with Crippen LogP contribution in [0.3, 0.4) is 0 Å². The summed E-state index contributed by atoms with van der Waals surface area (Å²) in [5.74, 6) is 0.131. The summed E-state index contributed by atoms with van der Waals surface area (Å²) in [7, 11) is 1.59. The molecule has 0 spiro atoms. The minimum Gasteiger partial charge on any atom is -0.497 e. The van der Waals surface area contributed by atoms with E-state index in [1.54, 1.807) is 31.4 Å². The van der Waals surface area contributed by atoms with Crippen LogP contribution in [0.2, 0.25) is 0 Å². The Hall–Kier alpha value is -3.38. The fourth-order valence-electron chi connectivity index (χ4n) is 4.11. The average molecular weight is 417 g/mol. The number of anilines is 1. The van der Waals surface area contributed by atoms with Gasteiger partial charge in [0.2, 0.25) is 0 Å². The molecule has 3 aromatic rings. The Morgan fingerprint density at radius 2 is 1.67 bits per heavy atom. The second-order valence-corrected chi connectivity index (χ2v) is 8.23. The lowest BCUT2D eigenvalue weighted by Gasteiger charge is -2.31. The zero-order chi connectivity index (χ0) is 20.7. The van der Waals surface area contributed by atoms with E-state index in [1.807, 2.05) is 29.6 Å². The van der Waals surface area contributed by atoms with E-state index in [1.165, 1.54) is 27.4 Å². The molecule has 0 bridgehead atoms. The van der Waals surface area contributed by atoms with Gasteiger partial charge < -0.3 is 9.64 Å². The number of methoxy groups -OCH3 is 1. The highest BCUT2D eigenvalue weighted by molar-refractivity contribution is 7.11. The number of amides is 2. The highest BCUT2D eigenvalue weighted by Crippen LogP contribution is 2.38. The van der Waals surface area contributed by atoms with Gasteiger partial charge in [-0.2, -0.15) is 0 Å². The van der Waals surface area contributed by atoms with Crippen molar-refractivity contribution in [2.75, 3.05) is 18.6 Å². The van der Waals surface area contributed by atoms with Gasteiger partial charge in [0.25, 0.3) is 11.8 Å². The van der Waals surface area contributed by atoms with Crippen LogP contribution in [0, 0.1) is 0 Å². The molecule has 30 heavy (non-hydrogen) atoms. The van der Waals surface area contributed by atoms with Crippen LogP contribution in [0.1, 0.15) is 16.0 Å². The SMILES string of the molecule is COc1ccc(N2C(=O)C(c3cccs3)=C(N3CCc4ccccc4C3)C2=O)cc1. The Bertz CT molecular complexity index is 1150. The summed E-state index contributed by atoms with van der Waals surface area (Å²) in [6, 6.07) is 19.1.